The van der Waals surface area contributed by atoms with Crippen LogP contribution in [0, 0.1) is 11.3 Å². The number of hydrogen-bond acceptors (Lipinski definition) is 2. The topological polar surface area (TPSA) is 35.8 Å². The number of halogens is 2. The molecule has 2 rings (SSSR count). The molecule has 0 saturated carbocycles. The van der Waals surface area contributed by atoms with Crippen LogP contribution >= 0.6 is 28.3 Å². The molecule has 1 fully saturated rings. The minimum absolute atomic E-state index is 0. The van der Waals surface area contributed by atoms with Crippen molar-refractivity contribution in [2.24, 2.45) is 0 Å². The van der Waals surface area contributed by atoms with Gasteiger partial charge in [0, 0.05) is 4.47 Å². The molecule has 0 amide bonds. The van der Waals surface area contributed by atoms with Gasteiger partial charge in [-0.05, 0) is 37.6 Å². The van der Waals surface area contributed by atoms with Gasteiger partial charge in [0.05, 0.1) is 11.5 Å². The summed E-state index contributed by atoms with van der Waals surface area (Å²) in [4.78, 5) is 0. The van der Waals surface area contributed by atoms with Crippen molar-refractivity contribution in [2.75, 3.05) is 13.1 Å². The molecule has 1 N–H and O–H groups in total. The summed E-state index contributed by atoms with van der Waals surface area (Å²) in [5, 5.41) is 12.7. The van der Waals surface area contributed by atoms with E-state index in [0.717, 1.165) is 36.0 Å². The Labute approximate surface area is 111 Å². The van der Waals surface area contributed by atoms with Gasteiger partial charge in [-0.25, -0.2) is 0 Å². The van der Waals surface area contributed by atoms with Gasteiger partial charge in [0.25, 0.3) is 0 Å². The van der Waals surface area contributed by atoms with Crippen molar-refractivity contribution >= 4 is 28.3 Å². The van der Waals surface area contributed by atoms with Crippen molar-refractivity contribution in [3.63, 3.8) is 0 Å². The van der Waals surface area contributed by atoms with E-state index in [9.17, 15) is 5.26 Å². The molecule has 0 aliphatic carbocycles. The van der Waals surface area contributed by atoms with E-state index in [0.29, 0.717) is 0 Å². The van der Waals surface area contributed by atoms with E-state index in [-0.39, 0.29) is 17.8 Å². The Morgan fingerprint density at radius 3 is 2.44 bits per heavy atom. The van der Waals surface area contributed by atoms with Crippen molar-refractivity contribution in [1.82, 2.24) is 5.32 Å². The third kappa shape index (κ3) is 2.40. The van der Waals surface area contributed by atoms with Crippen molar-refractivity contribution < 1.29 is 0 Å². The molecule has 86 valence electrons. The smallest absolute Gasteiger partial charge is 0.0857 e. The predicted octanol–water partition coefficient (Wildman–Crippen LogP) is 3.02. The Balaban J connectivity index is 0.00000128. The standard InChI is InChI=1S/C12H13BrN2.ClH/c13-11-4-2-1-3-10(11)12(9-14)5-7-15-8-6-12;/h1-4,15H,5-8H2;1H. The maximum Gasteiger partial charge on any atom is 0.0857 e. The first-order valence-corrected chi connectivity index (χ1v) is 5.95. The van der Waals surface area contributed by atoms with Crippen molar-refractivity contribution in [2.45, 2.75) is 18.3 Å². The highest BCUT2D eigenvalue weighted by atomic mass is 79.9. The van der Waals surface area contributed by atoms with Crippen LogP contribution in [0.4, 0.5) is 0 Å². The molecule has 16 heavy (non-hydrogen) atoms. The number of nitrogens with zero attached hydrogens (tertiary/aromatic N) is 1. The van der Waals surface area contributed by atoms with Gasteiger partial charge in [-0.15, -0.1) is 12.4 Å². The van der Waals surface area contributed by atoms with Crippen LogP contribution in [-0.4, -0.2) is 13.1 Å². The molecule has 0 unspecified atom stereocenters. The van der Waals surface area contributed by atoms with Crippen LogP contribution in [0.3, 0.4) is 0 Å². The van der Waals surface area contributed by atoms with Crippen LogP contribution in [0.1, 0.15) is 18.4 Å². The van der Waals surface area contributed by atoms with Gasteiger partial charge in [-0.3, -0.25) is 0 Å². The molecular weight excluding hydrogens is 288 g/mol. The van der Waals surface area contributed by atoms with Gasteiger partial charge in [0.15, 0.2) is 0 Å². The molecule has 0 spiro atoms. The third-order valence-corrected chi connectivity index (χ3v) is 3.75. The lowest BCUT2D eigenvalue weighted by molar-refractivity contribution is 0.381. The number of rotatable bonds is 1. The largest absolute Gasteiger partial charge is 0.317 e. The summed E-state index contributed by atoms with van der Waals surface area (Å²) in [6.45, 7) is 1.85. The van der Waals surface area contributed by atoms with Gasteiger partial charge in [0.1, 0.15) is 0 Å². The Morgan fingerprint density at radius 2 is 1.88 bits per heavy atom. The molecule has 1 aromatic rings. The molecule has 1 heterocycles. The van der Waals surface area contributed by atoms with Gasteiger partial charge in [0.2, 0.25) is 0 Å². The number of nitrogens with one attached hydrogen (secondary N) is 1. The van der Waals surface area contributed by atoms with Crippen LogP contribution in [0.15, 0.2) is 28.7 Å². The van der Waals surface area contributed by atoms with E-state index in [2.05, 4.69) is 33.4 Å². The van der Waals surface area contributed by atoms with E-state index in [1.54, 1.807) is 0 Å². The van der Waals surface area contributed by atoms with Crippen LogP contribution in [-0.2, 0) is 5.41 Å². The minimum Gasteiger partial charge on any atom is -0.317 e. The third-order valence-electron chi connectivity index (χ3n) is 3.06. The maximum absolute atomic E-state index is 9.42. The SMILES string of the molecule is Cl.N#CC1(c2ccccc2Br)CCNCC1. The first-order chi connectivity index (χ1) is 7.28. The highest BCUT2D eigenvalue weighted by Crippen LogP contribution is 2.36. The monoisotopic (exact) mass is 300 g/mol. The second-order valence-corrected chi connectivity index (χ2v) is 4.78. The summed E-state index contributed by atoms with van der Waals surface area (Å²) in [7, 11) is 0. The van der Waals surface area contributed by atoms with Gasteiger partial charge >= 0.3 is 0 Å². The fraction of sp³-hybridized carbons (Fsp3) is 0.417. The molecular formula is C12H14BrClN2. The molecule has 1 aliphatic heterocycles. The summed E-state index contributed by atoms with van der Waals surface area (Å²) in [5.74, 6) is 0. The van der Waals surface area contributed by atoms with Crippen molar-refractivity contribution in [3.05, 3.63) is 34.3 Å². The summed E-state index contributed by atoms with van der Waals surface area (Å²) in [5.41, 5.74) is 0.833. The molecule has 0 atom stereocenters. The molecule has 0 radical (unpaired) electrons. The fourth-order valence-corrected chi connectivity index (χ4v) is 2.81. The zero-order chi connectivity index (χ0) is 10.7. The van der Waals surface area contributed by atoms with Crippen molar-refractivity contribution in [1.29, 1.82) is 5.26 Å². The van der Waals surface area contributed by atoms with Crippen LogP contribution in [0.2, 0.25) is 0 Å². The zero-order valence-electron chi connectivity index (χ0n) is 8.87. The number of benzene rings is 1. The van der Waals surface area contributed by atoms with E-state index in [1.807, 2.05) is 18.2 Å². The molecule has 1 aliphatic rings. The highest BCUT2D eigenvalue weighted by molar-refractivity contribution is 9.10. The lowest BCUT2D eigenvalue weighted by atomic mass is 9.74. The summed E-state index contributed by atoms with van der Waals surface area (Å²) in [6.07, 6.45) is 1.79. The normalized spacial score (nSPS) is 18.2. The van der Waals surface area contributed by atoms with E-state index >= 15 is 0 Å². The summed E-state index contributed by atoms with van der Waals surface area (Å²) >= 11 is 3.54. The lowest BCUT2D eigenvalue weighted by Crippen LogP contribution is -2.39. The second kappa shape index (κ2) is 5.67. The van der Waals surface area contributed by atoms with E-state index in [1.165, 1.54) is 0 Å². The number of hydrogen-bond donors (Lipinski definition) is 1. The average molecular weight is 302 g/mol. The molecule has 4 heteroatoms. The molecule has 0 aromatic heterocycles. The molecule has 0 bridgehead atoms. The summed E-state index contributed by atoms with van der Waals surface area (Å²) in [6, 6.07) is 10.6. The lowest BCUT2D eigenvalue weighted by Gasteiger charge is -2.32. The Morgan fingerprint density at radius 1 is 1.25 bits per heavy atom. The highest BCUT2D eigenvalue weighted by Gasteiger charge is 2.35. The Bertz CT molecular complexity index is 394. The van der Waals surface area contributed by atoms with Crippen LogP contribution in [0.5, 0.6) is 0 Å². The van der Waals surface area contributed by atoms with Crippen LogP contribution < -0.4 is 5.32 Å². The molecule has 1 aromatic carbocycles. The number of piperidine rings is 1. The minimum atomic E-state index is -0.300. The average Bonchev–Trinajstić information content (AvgIpc) is 2.30. The molecule has 1 saturated heterocycles. The predicted molar refractivity (Wildman–Crippen MR) is 70.8 cm³/mol. The van der Waals surface area contributed by atoms with Crippen LogP contribution in [0.25, 0.3) is 0 Å². The maximum atomic E-state index is 9.42. The Hall–Kier alpha value is -0.560. The van der Waals surface area contributed by atoms with Gasteiger partial charge in [-0.2, -0.15) is 5.26 Å². The number of nitriles is 1. The zero-order valence-corrected chi connectivity index (χ0v) is 11.3. The quantitative estimate of drug-likeness (QED) is 0.865. The van der Waals surface area contributed by atoms with Crippen molar-refractivity contribution in [3.8, 4) is 6.07 Å². The fourth-order valence-electron chi connectivity index (χ4n) is 2.14. The first-order valence-electron chi connectivity index (χ1n) is 5.15. The molecule has 2 nitrogen and oxygen atoms in total. The summed E-state index contributed by atoms with van der Waals surface area (Å²) < 4.78 is 1.05. The van der Waals surface area contributed by atoms with Gasteiger partial charge in [-0.1, -0.05) is 34.1 Å². The van der Waals surface area contributed by atoms with Gasteiger partial charge < -0.3 is 5.32 Å². The van der Waals surface area contributed by atoms with E-state index in [4.69, 9.17) is 0 Å². The second-order valence-electron chi connectivity index (χ2n) is 3.92. The Kier molecular flexibility index (Phi) is 4.79. The van der Waals surface area contributed by atoms with E-state index < -0.39 is 0 Å². The first kappa shape index (κ1) is 13.5.